The molecule has 1 aromatic heterocycles. The highest BCUT2D eigenvalue weighted by molar-refractivity contribution is 7.71. The van der Waals surface area contributed by atoms with Crippen LogP contribution in [0, 0.1) is 11.7 Å². The maximum absolute atomic E-state index is 12.2. The minimum Gasteiger partial charge on any atom is -0.493 e. The number of rotatable bonds is 6. The zero-order valence-electron chi connectivity index (χ0n) is 14.9. The number of hydrogen-bond acceptors (Lipinski definition) is 6. The molecule has 0 aliphatic carbocycles. The standard InChI is InChI=1S/C19H18N4O3S/c1-13-18(24)23(19(27)22-21-13)20-11-15-9-6-10-16(25-2)17(15)26-12-14-7-4-3-5-8-14/h3-11H,12H2,1-2H3,(H,22,27)/b20-11+. The molecule has 27 heavy (non-hydrogen) atoms. The lowest BCUT2D eigenvalue weighted by Gasteiger charge is -2.13. The topological polar surface area (TPSA) is 81.5 Å². The van der Waals surface area contributed by atoms with Gasteiger partial charge in [-0.2, -0.15) is 14.9 Å². The molecule has 0 spiro atoms. The number of benzene rings is 2. The van der Waals surface area contributed by atoms with Gasteiger partial charge in [0, 0.05) is 5.56 Å². The maximum Gasteiger partial charge on any atom is 0.296 e. The van der Waals surface area contributed by atoms with Crippen LogP contribution >= 0.6 is 12.2 Å². The van der Waals surface area contributed by atoms with Gasteiger partial charge in [-0.1, -0.05) is 36.4 Å². The number of hydrogen-bond donors (Lipinski definition) is 1. The van der Waals surface area contributed by atoms with E-state index in [0.717, 1.165) is 10.2 Å². The van der Waals surface area contributed by atoms with Crippen molar-refractivity contribution in [2.24, 2.45) is 5.10 Å². The maximum atomic E-state index is 12.2. The van der Waals surface area contributed by atoms with E-state index in [9.17, 15) is 4.79 Å². The Bertz CT molecular complexity index is 1070. The minimum absolute atomic E-state index is 0.108. The summed E-state index contributed by atoms with van der Waals surface area (Å²) in [5, 5.41) is 10.6. The molecular formula is C19H18N4O3S. The van der Waals surface area contributed by atoms with E-state index in [4.69, 9.17) is 21.7 Å². The molecule has 138 valence electrons. The summed E-state index contributed by atoms with van der Waals surface area (Å²) >= 11 is 5.09. The highest BCUT2D eigenvalue weighted by atomic mass is 32.1. The van der Waals surface area contributed by atoms with Crippen molar-refractivity contribution in [3.05, 3.63) is 80.5 Å². The van der Waals surface area contributed by atoms with Crippen LogP contribution in [0.3, 0.4) is 0 Å². The lowest BCUT2D eigenvalue weighted by molar-refractivity contribution is 0.284. The average molecular weight is 382 g/mol. The summed E-state index contributed by atoms with van der Waals surface area (Å²) in [5.74, 6) is 1.10. The van der Waals surface area contributed by atoms with Gasteiger partial charge in [-0.3, -0.25) is 9.89 Å². The molecule has 0 bridgehead atoms. The highest BCUT2D eigenvalue weighted by Gasteiger charge is 2.10. The number of ether oxygens (including phenoxy) is 2. The van der Waals surface area contributed by atoms with Crippen LogP contribution in [0.1, 0.15) is 16.8 Å². The second-order valence-corrected chi connectivity index (χ2v) is 6.02. The van der Waals surface area contributed by atoms with Gasteiger partial charge in [0.25, 0.3) is 5.56 Å². The molecule has 3 aromatic rings. The van der Waals surface area contributed by atoms with Crippen LogP contribution in [-0.2, 0) is 6.61 Å². The van der Waals surface area contributed by atoms with E-state index in [1.165, 1.54) is 6.21 Å². The second kappa shape index (κ2) is 8.41. The van der Waals surface area contributed by atoms with E-state index in [-0.39, 0.29) is 16.0 Å². The molecule has 2 aromatic carbocycles. The quantitative estimate of drug-likeness (QED) is 0.523. The lowest BCUT2D eigenvalue weighted by Crippen LogP contribution is -2.22. The largest absolute Gasteiger partial charge is 0.493 e. The molecule has 0 radical (unpaired) electrons. The van der Waals surface area contributed by atoms with Crippen molar-refractivity contribution in [1.82, 2.24) is 14.9 Å². The van der Waals surface area contributed by atoms with E-state index in [1.807, 2.05) is 42.5 Å². The van der Waals surface area contributed by atoms with Crippen LogP contribution in [0.15, 0.2) is 58.4 Å². The van der Waals surface area contributed by atoms with E-state index < -0.39 is 0 Å². The fourth-order valence-corrected chi connectivity index (χ4v) is 2.55. The Morgan fingerprint density at radius 2 is 2.00 bits per heavy atom. The van der Waals surface area contributed by atoms with Gasteiger partial charge in [-0.05, 0) is 36.8 Å². The summed E-state index contributed by atoms with van der Waals surface area (Å²) in [6, 6.07) is 15.2. The number of para-hydroxylation sites is 1. The number of nitrogens with one attached hydrogen (secondary N) is 1. The Balaban J connectivity index is 1.95. The first-order valence-electron chi connectivity index (χ1n) is 8.16. The third-order valence-corrected chi connectivity index (χ3v) is 4.05. The average Bonchev–Trinajstić information content (AvgIpc) is 2.70. The van der Waals surface area contributed by atoms with Crippen LogP contribution < -0.4 is 15.0 Å². The molecule has 0 aliphatic heterocycles. The molecule has 3 rings (SSSR count). The zero-order valence-corrected chi connectivity index (χ0v) is 15.7. The first-order valence-corrected chi connectivity index (χ1v) is 8.57. The molecule has 0 atom stereocenters. The van der Waals surface area contributed by atoms with Gasteiger partial charge in [0.05, 0.1) is 13.3 Å². The summed E-state index contributed by atoms with van der Waals surface area (Å²) in [7, 11) is 1.57. The normalized spacial score (nSPS) is 10.9. The fourth-order valence-electron chi connectivity index (χ4n) is 2.38. The first-order chi connectivity index (χ1) is 13.1. The Morgan fingerprint density at radius 1 is 1.22 bits per heavy atom. The molecule has 7 nitrogen and oxygen atoms in total. The first kappa shape index (κ1) is 18.5. The monoisotopic (exact) mass is 382 g/mol. The van der Waals surface area contributed by atoms with Crippen LogP contribution in [0.2, 0.25) is 0 Å². The number of aromatic amines is 1. The summed E-state index contributed by atoms with van der Waals surface area (Å²) in [6.07, 6.45) is 1.51. The summed E-state index contributed by atoms with van der Waals surface area (Å²) in [4.78, 5) is 12.2. The Kier molecular flexibility index (Phi) is 5.77. The van der Waals surface area contributed by atoms with Crippen molar-refractivity contribution < 1.29 is 9.47 Å². The predicted octanol–water partition coefficient (Wildman–Crippen LogP) is 3.08. The molecule has 0 saturated carbocycles. The molecule has 0 fully saturated rings. The zero-order chi connectivity index (χ0) is 19.2. The van der Waals surface area contributed by atoms with E-state index >= 15 is 0 Å². The molecule has 1 N–H and O–H groups in total. The van der Waals surface area contributed by atoms with E-state index in [1.54, 1.807) is 20.1 Å². The second-order valence-electron chi connectivity index (χ2n) is 5.63. The number of nitrogens with zero attached hydrogens (tertiary/aromatic N) is 3. The number of aromatic nitrogens is 3. The fraction of sp³-hybridized carbons (Fsp3) is 0.158. The van der Waals surface area contributed by atoms with Gasteiger partial charge < -0.3 is 9.47 Å². The molecule has 0 amide bonds. The smallest absolute Gasteiger partial charge is 0.296 e. The number of H-pyrrole nitrogens is 1. The van der Waals surface area contributed by atoms with Crippen LogP contribution in [-0.4, -0.2) is 28.2 Å². The van der Waals surface area contributed by atoms with Crippen molar-refractivity contribution >= 4 is 18.4 Å². The number of aryl methyl sites for hydroxylation is 1. The van der Waals surface area contributed by atoms with Crippen molar-refractivity contribution in [2.75, 3.05) is 7.11 Å². The van der Waals surface area contributed by atoms with E-state index in [2.05, 4.69) is 15.3 Å². The SMILES string of the molecule is COc1cccc(/C=N/n2c(=S)[nH]nc(C)c2=O)c1OCc1ccccc1. The van der Waals surface area contributed by atoms with E-state index in [0.29, 0.717) is 23.7 Å². The van der Waals surface area contributed by atoms with Crippen molar-refractivity contribution in [2.45, 2.75) is 13.5 Å². The highest BCUT2D eigenvalue weighted by Crippen LogP contribution is 2.30. The molecule has 8 heteroatoms. The Morgan fingerprint density at radius 3 is 2.74 bits per heavy atom. The van der Waals surface area contributed by atoms with Crippen LogP contribution in [0.25, 0.3) is 0 Å². The Labute approximate surface area is 160 Å². The van der Waals surface area contributed by atoms with Gasteiger partial charge in [-0.15, -0.1) is 0 Å². The molecule has 0 unspecified atom stereocenters. The van der Waals surface area contributed by atoms with Crippen LogP contribution in [0.5, 0.6) is 11.5 Å². The molecule has 0 aliphatic rings. The van der Waals surface area contributed by atoms with Gasteiger partial charge in [0.1, 0.15) is 12.3 Å². The Hall–Kier alpha value is -3.26. The molecule has 0 saturated heterocycles. The van der Waals surface area contributed by atoms with Gasteiger partial charge >= 0.3 is 0 Å². The molecule has 1 heterocycles. The van der Waals surface area contributed by atoms with Gasteiger partial charge in [-0.25, -0.2) is 0 Å². The van der Waals surface area contributed by atoms with Gasteiger partial charge in [0.15, 0.2) is 11.5 Å². The summed E-state index contributed by atoms with van der Waals surface area (Å²) in [5.41, 5.74) is 1.56. The lowest BCUT2D eigenvalue weighted by atomic mass is 10.2. The van der Waals surface area contributed by atoms with Crippen molar-refractivity contribution in [3.8, 4) is 11.5 Å². The summed E-state index contributed by atoms with van der Waals surface area (Å²) < 4.78 is 12.6. The van der Waals surface area contributed by atoms with Crippen molar-refractivity contribution in [3.63, 3.8) is 0 Å². The molecular weight excluding hydrogens is 364 g/mol. The summed E-state index contributed by atoms with van der Waals surface area (Å²) in [6.45, 7) is 1.95. The van der Waals surface area contributed by atoms with Crippen molar-refractivity contribution in [1.29, 1.82) is 0 Å². The van der Waals surface area contributed by atoms with Gasteiger partial charge in [0.2, 0.25) is 4.77 Å². The van der Waals surface area contributed by atoms with Crippen LogP contribution in [0.4, 0.5) is 0 Å². The minimum atomic E-state index is -0.385. The number of methoxy groups -OCH3 is 1. The third-order valence-electron chi connectivity index (χ3n) is 3.78. The third kappa shape index (κ3) is 4.29. The predicted molar refractivity (Wildman–Crippen MR) is 105 cm³/mol.